The van der Waals surface area contributed by atoms with Crippen LogP contribution in [-0.2, 0) is 26.8 Å². The van der Waals surface area contributed by atoms with Crippen LogP contribution in [0.5, 0.6) is 0 Å². The summed E-state index contributed by atoms with van der Waals surface area (Å²) in [7, 11) is 5.46. The average Bonchev–Trinajstić information content (AvgIpc) is 3.40. The molecule has 0 atom stereocenters. The molecule has 6 nitrogen and oxygen atoms in total. The molecule has 0 spiro atoms. The van der Waals surface area contributed by atoms with Crippen molar-refractivity contribution < 1.29 is 14.2 Å². The van der Waals surface area contributed by atoms with Crippen LogP contribution in [0.3, 0.4) is 0 Å². The molecule has 2 heterocycles. The molecule has 3 aromatic rings. The SMILES string of the molecule is CCC(=O)N(C)N1/C(=C/C=C(/C=C/C2=[N+](CC(=O)N(C)C)c3ccccc3C2(C)C)Cc2ccccc2)C(C)(C)c2ccccc21. The first-order valence-electron chi connectivity index (χ1n) is 16.1. The summed E-state index contributed by atoms with van der Waals surface area (Å²) in [4.78, 5) is 27.6. The number of hydrazine groups is 1. The third kappa shape index (κ3) is 6.09. The Morgan fingerprint density at radius 1 is 0.804 bits per heavy atom. The minimum Gasteiger partial charge on any atom is -0.343 e. The van der Waals surface area contributed by atoms with E-state index < -0.39 is 0 Å². The summed E-state index contributed by atoms with van der Waals surface area (Å²) in [5.41, 5.74) is 8.34. The number of hydrogen-bond donors (Lipinski definition) is 0. The molecule has 0 aromatic heterocycles. The van der Waals surface area contributed by atoms with Crippen LogP contribution in [0.15, 0.2) is 114 Å². The van der Waals surface area contributed by atoms with Crippen LogP contribution in [0, 0.1) is 0 Å². The summed E-state index contributed by atoms with van der Waals surface area (Å²) in [5.74, 6) is 0.107. The van der Waals surface area contributed by atoms with Crippen LogP contribution in [-0.4, -0.2) is 59.7 Å². The number of rotatable bonds is 9. The first-order valence-corrected chi connectivity index (χ1v) is 16.1. The van der Waals surface area contributed by atoms with E-state index >= 15 is 0 Å². The number of anilines is 1. The Bertz CT molecular complexity index is 1760. The molecule has 0 N–H and O–H groups in total. The molecule has 2 aliphatic rings. The van der Waals surface area contributed by atoms with Gasteiger partial charge in [-0.3, -0.25) is 19.6 Å². The smallest absolute Gasteiger partial charge is 0.288 e. The number of nitrogens with zero attached hydrogens (tertiary/aromatic N) is 4. The van der Waals surface area contributed by atoms with E-state index in [1.807, 2.05) is 32.2 Å². The lowest BCUT2D eigenvalue weighted by Gasteiger charge is -2.34. The second-order valence-corrected chi connectivity index (χ2v) is 13.4. The third-order valence-corrected chi connectivity index (χ3v) is 9.39. The minimum atomic E-state index is -0.315. The number of likely N-dealkylation sites (N-methyl/N-ethyl adjacent to an activating group) is 1. The molecule has 0 saturated carbocycles. The van der Waals surface area contributed by atoms with Gasteiger partial charge in [-0.1, -0.05) is 99.7 Å². The number of allylic oxidation sites excluding steroid dienone is 6. The summed E-state index contributed by atoms with van der Waals surface area (Å²) < 4.78 is 2.16. The zero-order valence-electron chi connectivity index (χ0n) is 28.5. The van der Waals surface area contributed by atoms with E-state index in [4.69, 9.17) is 0 Å². The van der Waals surface area contributed by atoms with E-state index in [9.17, 15) is 9.59 Å². The normalized spacial score (nSPS) is 17.4. The zero-order chi connectivity index (χ0) is 33.2. The van der Waals surface area contributed by atoms with Gasteiger partial charge in [0.05, 0.1) is 16.8 Å². The standard InChI is InChI=1S/C40H47N4O2/c1-9-37(45)42(8)44-34-22-16-14-20-32(34)40(4,5)36(44)26-24-30(27-29-17-11-10-12-18-29)23-25-35-39(2,3)31-19-13-15-21-33(31)43(35)28-38(46)41(6)7/h10-26H,9,27-28H2,1-8H3/q+1. The maximum Gasteiger partial charge on any atom is 0.288 e. The second-order valence-electron chi connectivity index (χ2n) is 13.4. The van der Waals surface area contributed by atoms with Crippen LogP contribution in [0.1, 0.15) is 57.7 Å². The molecule has 238 valence electrons. The van der Waals surface area contributed by atoms with E-state index in [1.165, 1.54) is 16.7 Å². The lowest BCUT2D eigenvalue weighted by molar-refractivity contribution is -0.426. The van der Waals surface area contributed by atoms with Gasteiger partial charge in [-0.2, -0.15) is 4.58 Å². The predicted octanol–water partition coefficient (Wildman–Crippen LogP) is 7.34. The fourth-order valence-corrected chi connectivity index (χ4v) is 6.63. The summed E-state index contributed by atoms with van der Waals surface area (Å²) in [6.07, 6.45) is 9.90. The Hall–Kier alpha value is -4.71. The second kappa shape index (κ2) is 13.0. The molecule has 0 fully saturated rings. The molecule has 0 radical (unpaired) electrons. The van der Waals surface area contributed by atoms with Crippen molar-refractivity contribution in [3.63, 3.8) is 0 Å². The quantitative estimate of drug-likeness (QED) is 0.187. The largest absolute Gasteiger partial charge is 0.343 e. The van der Waals surface area contributed by atoms with E-state index in [2.05, 4.69) is 122 Å². The van der Waals surface area contributed by atoms with Gasteiger partial charge in [0.15, 0.2) is 5.71 Å². The summed E-state index contributed by atoms with van der Waals surface area (Å²) in [6, 6.07) is 27.2. The highest BCUT2D eigenvalue weighted by Crippen LogP contribution is 2.48. The van der Waals surface area contributed by atoms with Crippen molar-refractivity contribution in [1.82, 2.24) is 9.91 Å². The van der Waals surface area contributed by atoms with Crippen LogP contribution < -0.4 is 5.01 Å². The van der Waals surface area contributed by atoms with Crippen molar-refractivity contribution in [2.75, 3.05) is 32.7 Å². The highest BCUT2D eigenvalue weighted by Gasteiger charge is 2.45. The Balaban J connectivity index is 1.63. The molecule has 0 unspecified atom stereocenters. The Labute approximate surface area is 274 Å². The van der Waals surface area contributed by atoms with Crippen LogP contribution in [0.4, 0.5) is 11.4 Å². The minimum absolute atomic E-state index is 0.0528. The third-order valence-electron chi connectivity index (χ3n) is 9.39. The lowest BCUT2D eigenvalue weighted by Crippen LogP contribution is -2.43. The van der Waals surface area contributed by atoms with Crippen LogP contribution in [0.2, 0.25) is 0 Å². The molecule has 0 bridgehead atoms. The van der Waals surface area contributed by atoms with Crippen molar-refractivity contribution in [1.29, 1.82) is 0 Å². The van der Waals surface area contributed by atoms with Crippen molar-refractivity contribution in [3.05, 3.63) is 131 Å². The Morgan fingerprint density at radius 2 is 1.43 bits per heavy atom. The fraction of sp³-hybridized carbons (Fsp3) is 0.325. The summed E-state index contributed by atoms with van der Waals surface area (Å²) in [6.45, 7) is 11.1. The van der Waals surface area contributed by atoms with Crippen molar-refractivity contribution in [2.24, 2.45) is 0 Å². The maximum atomic E-state index is 13.0. The molecule has 2 amide bonds. The molecule has 6 heteroatoms. The molecule has 5 rings (SSSR count). The highest BCUT2D eigenvalue weighted by molar-refractivity contribution is 6.03. The first kappa shape index (κ1) is 32.7. The number of fused-ring (bicyclic) bond motifs is 2. The topological polar surface area (TPSA) is 46.9 Å². The van der Waals surface area contributed by atoms with Gasteiger partial charge in [-0.15, -0.1) is 0 Å². The number of hydrogen-bond acceptors (Lipinski definition) is 3. The van der Waals surface area contributed by atoms with Gasteiger partial charge in [0.1, 0.15) is 0 Å². The number of amides is 2. The van der Waals surface area contributed by atoms with Crippen molar-refractivity contribution in [3.8, 4) is 0 Å². The van der Waals surface area contributed by atoms with Gasteiger partial charge in [-0.25, -0.2) is 0 Å². The number of benzene rings is 3. The average molecular weight is 616 g/mol. The molecule has 0 aliphatic carbocycles. The molecule has 46 heavy (non-hydrogen) atoms. The van der Waals surface area contributed by atoms with Gasteiger partial charge in [0.2, 0.25) is 18.1 Å². The highest BCUT2D eigenvalue weighted by atomic mass is 16.2. The monoisotopic (exact) mass is 615 g/mol. The number of para-hydroxylation sites is 2. The molecular formula is C40H47N4O2+. The van der Waals surface area contributed by atoms with Crippen molar-refractivity contribution >= 4 is 28.9 Å². The van der Waals surface area contributed by atoms with Crippen molar-refractivity contribution in [2.45, 2.75) is 58.3 Å². The van der Waals surface area contributed by atoms with E-state index in [0.717, 1.165) is 34.8 Å². The maximum absolute atomic E-state index is 13.0. The van der Waals surface area contributed by atoms with Gasteiger partial charge in [-0.05, 0) is 49.1 Å². The molecule has 0 saturated heterocycles. The lowest BCUT2D eigenvalue weighted by atomic mass is 9.81. The summed E-state index contributed by atoms with van der Waals surface area (Å²) in [5, 5.41) is 3.81. The van der Waals surface area contributed by atoms with Gasteiger partial charge < -0.3 is 4.90 Å². The van der Waals surface area contributed by atoms with E-state index in [0.29, 0.717) is 6.42 Å². The fourth-order valence-electron chi connectivity index (χ4n) is 6.63. The first-order chi connectivity index (χ1) is 21.9. The Kier molecular flexibility index (Phi) is 9.20. The van der Waals surface area contributed by atoms with Crippen LogP contribution in [0.25, 0.3) is 0 Å². The van der Waals surface area contributed by atoms with Gasteiger partial charge in [0, 0.05) is 50.7 Å². The number of carbonyl (C=O) groups excluding carboxylic acids is 2. The predicted molar refractivity (Wildman–Crippen MR) is 188 cm³/mol. The zero-order valence-corrected chi connectivity index (χ0v) is 28.5. The number of carbonyl (C=O) groups is 2. The molecule has 2 aliphatic heterocycles. The van der Waals surface area contributed by atoms with E-state index in [-0.39, 0.29) is 29.2 Å². The van der Waals surface area contributed by atoms with Crippen LogP contribution >= 0.6 is 0 Å². The molecule has 3 aromatic carbocycles. The van der Waals surface area contributed by atoms with Gasteiger partial charge in [0.25, 0.3) is 5.91 Å². The van der Waals surface area contributed by atoms with E-state index in [1.54, 1.807) is 24.0 Å². The summed E-state index contributed by atoms with van der Waals surface area (Å²) >= 11 is 0. The Morgan fingerprint density at radius 3 is 2.11 bits per heavy atom. The molecular weight excluding hydrogens is 568 g/mol. The van der Waals surface area contributed by atoms with Gasteiger partial charge >= 0.3 is 0 Å².